The van der Waals surface area contributed by atoms with Crippen molar-refractivity contribution in [2.75, 3.05) is 0 Å². The van der Waals surface area contributed by atoms with Gasteiger partial charge in [0.25, 0.3) is 0 Å². The quantitative estimate of drug-likeness (QED) is 0.637. The molecule has 1 N–H and O–H groups in total. The van der Waals surface area contributed by atoms with E-state index in [0.717, 1.165) is 24.8 Å². The lowest BCUT2D eigenvalue weighted by atomic mass is 9.82. The third-order valence-corrected chi connectivity index (χ3v) is 2.86. The van der Waals surface area contributed by atoms with Crippen LogP contribution >= 0.6 is 0 Å². The molecule has 0 aliphatic heterocycles. The van der Waals surface area contributed by atoms with E-state index in [4.69, 9.17) is 9.84 Å². The highest BCUT2D eigenvalue weighted by molar-refractivity contribution is 5.63. The molecule has 0 bridgehead atoms. The summed E-state index contributed by atoms with van der Waals surface area (Å²) in [5, 5.41) is 8.80. The van der Waals surface area contributed by atoms with E-state index in [2.05, 4.69) is 33.8 Å². The molecule has 0 radical (unpaired) electrons. The highest BCUT2D eigenvalue weighted by Gasteiger charge is 2.23. The summed E-state index contributed by atoms with van der Waals surface area (Å²) in [6, 6.07) is 5.65. The molecule has 0 spiro atoms. The van der Waals surface area contributed by atoms with Crippen molar-refractivity contribution >= 4 is 6.16 Å². The number of rotatable bonds is 4. The van der Waals surface area contributed by atoms with E-state index in [9.17, 15) is 4.79 Å². The van der Waals surface area contributed by atoms with Crippen LogP contribution in [0.4, 0.5) is 4.79 Å². The van der Waals surface area contributed by atoms with Crippen LogP contribution in [0.1, 0.15) is 51.7 Å². The molecule has 18 heavy (non-hydrogen) atoms. The number of hydrogen-bond acceptors (Lipinski definition) is 2. The summed E-state index contributed by atoms with van der Waals surface area (Å²) in [5.74, 6) is 0.462. The molecule has 3 nitrogen and oxygen atoms in total. The van der Waals surface area contributed by atoms with Gasteiger partial charge in [0.15, 0.2) is 0 Å². The summed E-state index contributed by atoms with van der Waals surface area (Å²) < 4.78 is 4.91. The molecule has 0 unspecified atom stereocenters. The van der Waals surface area contributed by atoms with Crippen LogP contribution < -0.4 is 4.74 Å². The first-order valence-electron chi connectivity index (χ1n) is 6.39. The molecule has 0 aliphatic rings. The van der Waals surface area contributed by atoms with E-state index in [1.54, 1.807) is 6.07 Å². The molecular weight excluding hydrogens is 228 g/mol. The Bertz CT molecular complexity index is 416. The molecule has 0 aliphatic carbocycles. The smallest absolute Gasteiger partial charge is 0.449 e. The van der Waals surface area contributed by atoms with Gasteiger partial charge >= 0.3 is 6.16 Å². The molecule has 3 heteroatoms. The van der Waals surface area contributed by atoms with Gasteiger partial charge in [-0.05, 0) is 29.9 Å². The van der Waals surface area contributed by atoms with E-state index in [1.807, 2.05) is 6.07 Å². The second kappa shape index (κ2) is 5.89. The Morgan fingerprint density at radius 1 is 1.33 bits per heavy atom. The molecule has 0 atom stereocenters. The molecule has 0 saturated heterocycles. The number of hydrogen-bond donors (Lipinski definition) is 1. The van der Waals surface area contributed by atoms with Gasteiger partial charge in [0.2, 0.25) is 0 Å². The fraction of sp³-hybridized carbons (Fsp3) is 0.533. The maximum atomic E-state index is 10.8. The van der Waals surface area contributed by atoms with Crippen LogP contribution in [0.2, 0.25) is 0 Å². The first-order valence-corrected chi connectivity index (χ1v) is 6.39. The molecule has 0 fully saturated rings. The maximum Gasteiger partial charge on any atom is 0.511 e. The van der Waals surface area contributed by atoms with Gasteiger partial charge in [0.1, 0.15) is 5.75 Å². The predicted octanol–water partition coefficient (Wildman–Crippen LogP) is 4.38. The molecule has 100 valence electrons. The average molecular weight is 250 g/mol. The van der Waals surface area contributed by atoms with E-state index in [0.29, 0.717) is 5.75 Å². The molecule has 0 aromatic heterocycles. The zero-order chi connectivity index (χ0) is 13.8. The normalized spacial score (nSPS) is 11.3. The Morgan fingerprint density at radius 3 is 2.50 bits per heavy atom. The number of benzene rings is 1. The van der Waals surface area contributed by atoms with Gasteiger partial charge in [0, 0.05) is 5.56 Å². The second-order valence-corrected chi connectivity index (χ2v) is 5.51. The fourth-order valence-corrected chi connectivity index (χ4v) is 2.18. The Balaban J connectivity index is 3.21. The minimum Gasteiger partial charge on any atom is -0.449 e. The highest BCUT2D eigenvalue weighted by Crippen LogP contribution is 2.35. The Kier molecular flexibility index (Phi) is 4.76. The van der Waals surface area contributed by atoms with Crippen LogP contribution in [0.3, 0.4) is 0 Å². The minimum absolute atomic E-state index is 0.130. The van der Waals surface area contributed by atoms with Gasteiger partial charge in [-0.3, -0.25) is 0 Å². The average Bonchev–Trinajstić information content (AvgIpc) is 2.23. The van der Waals surface area contributed by atoms with Crippen molar-refractivity contribution < 1.29 is 14.6 Å². The lowest BCUT2D eigenvalue weighted by molar-refractivity contribution is 0.143. The van der Waals surface area contributed by atoms with Crippen molar-refractivity contribution in [3.05, 3.63) is 29.3 Å². The van der Waals surface area contributed by atoms with Gasteiger partial charge in [-0.25, -0.2) is 4.79 Å². The Hall–Kier alpha value is -1.51. The van der Waals surface area contributed by atoms with E-state index in [1.165, 1.54) is 5.56 Å². The lowest BCUT2D eigenvalue weighted by Crippen LogP contribution is -2.18. The number of carboxylic acid groups (broad SMARTS) is 1. The third-order valence-electron chi connectivity index (χ3n) is 2.86. The lowest BCUT2D eigenvalue weighted by Gasteiger charge is -2.25. The molecule has 0 saturated carbocycles. The van der Waals surface area contributed by atoms with Crippen LogP contribution in [-0.4, -0.2) is 11.3 Å². The van der Waals surface area contributed by atoms with E-state index >= 15 is 0 Å². The first-order chi connectivity index (χ1) is 8.36. The number of ether oxygens (including phenoxy) is 1. The van der Waals surface area contributed by atoms with Crippen molar-refractivity contribution in [3.8, 4) is 5.75 Å². The van der Waals surface area contributed by atoms with Crippen molar-refractivity contribution in [1.82, 2.24) is 0 Å². The molecule has 1 aromatic rings. The van der Waals surface area contributed by atoms with E-state index in [-0.39, 0.29) is 5.41 Å². The van der Waals surface area contributed by atoms with E-state index < -0.39 is 6.16 Å². The van der Waals surface area contributed by atoms with Crippen LogP contribution in [0.25, 0.3) is 0 Å². The number of carbonyl (C=O) groups is 1. The SMILES string of the molecule is CCCCc1cccc(OC(=O)O)c1C(C)(C)C. The topological polar surface area (TPSA) is 46.5 Å². The minimum atomic E-state index is -1.26. The van der Waals surface area contributed by atoms with Crippen molar-refractivity contribution in [1.29, 1.82) is 0 Å². The first kappa shape index (κ1) is 14.6. The fourth-order valence-electron chi connectivity index (χ4n) is 2.18. The number of aryl methyl sites for hydroxylation is 1. The van der Waals surface area contributed by atoms with Crippen molar-refractivity contribution in [3.63, 3.8) is 0 Å². The summed E-state index contributed by atoms with van der Waals surface area (Å²) >= 11 is 0. The Morgan fingerprint density at radius 2 is 2.00 bits per heavy atom. The monoisotopic (exact) mass is 250 g/mol. The van der Waals surface area contributed by atoms with Crippen LogP contribution in [-0.2, 0) is 11.8 Å². The highest BCUT2D eigenvalue weighted by atomic mass is 16.7. The van der Waals surface area contributed by atoms with Crippen molar-refractivity contribution in [2.24, 2.45) is 0 Å². The molecule has 0 amide bonds. The van der Waals surface area contributed by atoms with Gasteiger partial charge in [-0.2, -0.15) is 0 Å². The van der Waals surface area contributed by atoms with Gasteiger partial charge in [-0.15, -0.1) is 0 Å². The van der Waals surface area contributed by atoms with Crippen molar-refractivity contribution in [2.45, 2.75) is 52.4 Å². The van der Waals surface area contributed by atoms with Crippen LogP contribution in [0.5, 0.6) is 5.75 Å². The molecule has 0 heterocycles. The molecule has 1 aromatic carbocycles. The molecular formula is C15H22O3. The summed E-state index contributed by atoms with van der Waals surface area (Å²) in [4.78, 5) is 10.8. The summed E-state index contributed by atoms with van der Waals surface area (Å²) in [6.45, 7) is 8.37. The second-order valence-electron chi connectivity index (χ2n) is 5.51. The summed E-state index contributed by atoms with van der Waals surface area (Å²) in [5.41, 5.74) is 2.05. The number of unbranched alkanes of at least 4 members (excludes halogenated alkanes) is 1. The van der Waals surface area contributed by atoms with Gasteiger partial charge in [0.05, 0.1) is 0 Å². The Labute approximate surface area is 109 Å². The van der Waals surface area contributed by atoms with Crippen LogP contribution in [0, 0.1) is 0 Å². The maximum absolute atomic E-state index is 10.8. The predicted molar refractivity (Wildman–Crippen MR) is 72.4 cm³/mol. The summed E-state index contributed by atoms with van der Waals surface area (Å²) in [7, 11) is 0. The zero-order valence-corrected chi connectivity index (χ0v) is 11.6. The standard InChI is InChI=1S/C15H22O3/c1-5-6-8-11-9-7-10-12(18-14(16)17)13(11)15(2,3)4/h7,9-10H,5-6,8H2,1-4H3,(H,16,17). The van der Waals surface area contributed by atoms with Gasteiger partial charge in [-0.1, -0.05) is 46.2 Å². The van der Waals surface area contributed by atoms with Crippen LogP contribution in [0.15, 0.2) is 18.2 Å². The third kappa shape index (κ3) is 3.76. The van der Waals surface area contributed by atoms with Gasteiger partial charge < -0.3 is 9.84 Å². The zero-order valence-electron chi connectivity index (χ0n) is 11.6. The summed E-state index contributed by atoms with van der Waals surface area (Å²) in [6.07, 6.45) is 1.92. The largest absolute Gasteiger partial charge is 0.511 e. The molecule has 1 rings (SSSR count).